The summed E-state index contributed by atoms with van der Waals surface area (Å²) < 4.78 is 5.81. The number of hydrogen-bond acceptors (Lipinski definition) is 3. The monoisotopic (exact) mass is 304 g/mol. The van der Waals surface area contributed by atoms with Crippen molar-refractivity contribution in [2.45, 2.75) is 39.7 Å². The van der Waals surface area contributed by atoms with Crippen LogP contribution in [0.3, 0.4) is 0 Å². The number of nitrogens with two attached hydrogens (primary N) is 1. The number of rotatable bonds is 5. The van der Waals surface area contributed by atoms with Crippen LogP contribution in [0.5, 0.6) is 11.6 Å². The fourth-order valence-electron chi connectivity index (χ4n) is 2.08. The predicted octanol–water partition coefficient (Wildman–Crippen LogP) is 4.42. The molecule has 2 aromatic rings. The SMILES string of the molecule is CCC(N)Cc1cnc(Oc2ccc(C)cc2Cl)c(C)c1. The zero-order valence-electron chi connectivity index (χ0n) is 12.7. The molecule has 0 radical (unpaired) electrons. The highest BCUT2D eigenvalue weighted by atomic mass is 35.5. The van der Waals surface area contributed by atoms with E-state index in [0.717, 1.165) is 29.5 Å². The van der Waals surface area contributed by atoms with Gasteiger partial charge in [0.15, 0.2) is 0 Å². The molecule has 0 amide bonds. The van der Waals surface area contributed by atoms with Crippen molar-refractivity contribution in [2.75, 3.05) is 0 Å². The number of ether oxygens (including phenoxy) is 1. The Balaban J connectivity index is 2.17. The van der Waals surface area contributed by atoms with Gasteiger partial charge in [-0.3, -0.25) is 0 Å². The van der Waals surface area contributed by atoms with Gasteiger partial charge in [0, 0.05) is 17.8 Å². The number of hydrogen-bond donors (Lipinski definition) is 1. The van der Waals surface area contributed by atoms with Crippen LogP contribution in [0.4, 0.5) is 0 Å². The molecule has 0 saturated carbocycles. The maximum absolute atomic E-state index is 6.18. The van der Waals surface area contributed by atoms with Crippen LogP contribution in [-0.4, -0.2) is 11.0 Å². The number of aryl methyl sites for hydroxylation is 2. The summed E-state index contributed by atoms with van der Waals surface area (Å²) in [5.74, 6) is 1.20. The summed E-state index contributed by atoms with van der Waals surface area (Å²) in [6.45, 7) is 6.05. The van der Waals surface area contributed by atoms with Crippen molar-refractivity contribution in [1.29, 1.82) is 0 Å². The third-order valence-electron chi connectivity index (χ3n) is 3.40. The molecule has 2 N–H and O–H groups in total. The highest BCUT2D eigenvalue weighted by Gasteiger charge is 2.09. The molecule has 0 spiro atoms. The third-order valence-corrected chi connectivity index (χ3v) is 3.70. The Morgan fingerprint density at radius 1 is 1.29 bits per heavy atom. The number of aromatic nitrogens is 1. The molecule has 1 atom stereocenters. The summed E-state index contributed by atoms with van der Waals surface area (Å²) in [6.07, 6.45) is 3.60. The van der Waals surface area contributed by atoms with Gasteiger partial charge in [-0.05, 0) is 56.0 Å². The Morgan fingerprint density at radius 2 is 2.05 bits per heavy atom. The van der Waals surface area contributed by atoms with E-state index in [9.17, 15) is 0 Å². The average Bonchev–Trinajstić information content (AvgIpc) is 2.44. The lowest BCUT2D eigenvalue weighted by atomic mass is 10.1. The van der Waals surface area contributed by atoms with Crippen LogP contribution in [0.2, 0.25) is 5.02 Å². The van der Waals surface area contributed by atoms with E-state index in [-0.39, 0.29) is 6.04 Å². The lowest BCUT2D eigenvalue weighted by Gasteiger charge is -2.12. The molecule has 0 aliphatic carbocycles. The molecule has 1 heterocycles. The minimum atomic E-state index is 0.171. The first-order valence-electron chi connectivity index (χ1n) is 7.14. The summed E-state index contributed by atoms with van der Waals surface area (Å²) in [5, 5.41) is 0.591. The molecule has 4 heteroatoms. The van der Waals surface area contributed by atoms with Crippen LogP contribution in [0.15, 0.2) is 30.5 Å². The Hall–Kier alpha value is -1.58. The van der Waals surface area contributed by atoms with Gasteiger partial charge in [-0.2, -0.15) is 0 Å². The third kappa shape index (κ3) is 4.19. The number of nitrogens with zero attached hydrogens (tertiary/aromatic N) is 1. The van der Waals surface area contributed by atoms with Crippen molar-refractivity contribution in [2.24, 2.45) is 5.73 Å². The van der Waals surface area contributed by atoms with Crippen molar-refractivity contribution in [3.05, 3.63) is 52.2 Å². The lowest BCUT2D eigenvalue weighted by molar-refractivity contribution is 0.458. The maximum Gasteiger partial charge on any atom is 0.222 e. The highest BCUT2D eigenvalue weighted by molar-refractivity contribution is 6.32. The second kappa shape index (κ2) is 6.92. The molecule has 0 aliphatic heterocycles. The smallest absolute Gasteiger partial charge is 0.222 e. The molecule has 0 saturated heterocycles. The average molecular weight is 305 g/mol. The van der Waals surface area contributed by atoms with Gasteiger partial charge >= 0.3 is 0 Å². The molecular weight excluding hydrogens is 284 g/mol. The second-order valence-corrected chi connectivity index (χ2v) is 5.78. The van der Waals surface area contributed by atoms with E-state index in [1.54, 1.807) is 0 Å². The molecule has 0 bridgehead atoms. The van der Waals surface area contributed by atoms with Gasteiger partial charge in [0.2, 0.25) is 5.88 Å². The largest absolute Gasteiger partial charge is 0.437 e. The van der Waals surface area contributed by atoms with Crippen molar-refractivity contribution in [3.8, 4) is 11.6 Å². The van der Waals surface area contributed by atoms with E-state index >= 15 is 0 Å². The maximum atomic E-state index is 6.18. The molecular formula is C17H21ClN2O. The molecule has 0 aliphatic rings. The molecule has 1 aromatic carbocycles. The summed E-state index contributed by atoms with van der Waals surface area (Å²) in [6, 6.07) is 7.94. The van der Waals surface area contributed by atoms with E-state index in [1.807, 2.05) is 38.2 Å². The lowest BCUT2D eigenvalue weighted by Crippen LogP contribution is -2.21. The minimum Gasteiger partial charge on any atom is -0.437 e. The number of pyridine rings is 1. The molecule has 112 valence electrons. The molecule has 0 fully saturated rings. The van der Waals surface area contributed by atoms with Gasteiger partial charge in [0.25, 0.3) is 0 Å². The minimum absolute atomic E-state index is 0.171. The van der Waals surface area contributed by atoms with E-state index in [4.69, 9.17) is 22.1 Å². The standard InChI is InChI=1S/C17H21ClN2O/c1-4-14(19)9-13-8-12(3)17(20-10-13)21-16-6-5-11(2)7-15(16)18/h5-8,10,14H,4,9,19H2,1-3H3. The van der Waals surface area contributed by atoms with Gasteiger partial charge in [-0.25, -0.2) is 4.98 Å². The zero-order chi connectivity index (χ0) is 15.4. The topological polar surface area (TPSA) is 48.1 Å². The Labute approximate surface area is 131 Å². The van der Waals surface area contributed by atoms with Gasteiger partial charge in [0.05, 0.1) is 5.02 Å². The molecule has 2 rings (SSSR count). The van der Waals surface area contributed by atoms with E-state index < -0.39 is 0 Å². The van der Waals surface area contributed by atoms with Crippen LogP contribution in [0.1, 0.15) is 30.0 Å². The molecule has 1 unspecified atom stereocenters. The summed E-state index contributed by atoms with van der Waals surface area (Å²) in [4.78, 5) is 4.39. The van der Waals surface area contributed by atoms with Crippen molar-refractivity contribution in [1.82, 2.24) is 4.98 Å². The number of halogens is 1. The molecule has 1 aromatic heterocycles. The Kier molecular flexibility index (Phi) is 5.21. The Morgan fingerprint density at radius 3 is 2.67 bits per heavy atom. The van der Waals surface area contributed by atoms with Gasteiger partial charge in [0.1, 0.15) is 5.75 Å². The van der Waals surface area contributed by atoms with Crippen LogP contribution >= 0.6 is 11.6 Å². The van der Waals surface area contributed by atoms with Gasteiger partial charge in [-0.15, -0.1) is 0 Å². The van der Waals surface area contributed by atoms with Crippen LogP contribution in [0, 0.1) is 13.8 Å². The van der Waals surface area contributed by atoms with Gasteiger partial charge in [-0.1, -0.05) is 24.6 Å². The molecule has 3 nitrogen and oxygen atoms in total. The second-order valence-electron chi connectivity index (χ2n) is 5.37. The van der Waals surface area contributed by atoms with E-state index in [2.05, 4.69) is 18.0 Å². The van der Waals surface area contributed by atoms with Crippen molar-refractivity contribution >= 4 is 11.6 Å². The molecule has 21 heavy (non-hydrogen) atoms. The predicted molar refractivity (Wildman–Crippen MR) is 87.2 cm³/mol. The van der Waals surface area contributed by atoms with E-state index in [0.29, 0.717) is 16.7 Å². The first-order chi connectivity index (χ1) is 9.99. The van der Waals surface area contributed by atoms with Gasteiger partial charge < -0.3 is 10.5 Å². The van der Waals surface area contributed by atoms with Crippen molar-refractivity contribution < 1.29 is 4.74 Å². The normalized spacial score (nSPS) is 12.2. The number of benzene rings is 1. The fraction of sp³-hybridized carbons (Fsp3) is 0.353. The quantitative estimate of drug-likeness (QED) is 0.889. The van der Waals surface area contributed by atoms with E-state index in [1.165, 1.54) is 0 Å². The summed E-state index contributed by atoms with van der Waals surface area (Å²) >= 11 is 6.18. The summed E-state index contributed by atoms with van der Waals surface area (Å²) in [5.41, 5.74) is 9.18. The summed E-state index contributed by atoms with van der Waals surface area (Å²) in [7, 11) is 0. The van der Waals surface area contributed by atoms with Crippen LogP contribution in [-0.2, 0) is 6.42 Å². The first kappa shape index (κ1) is 15.8. The first-order valence-corrected chi connectivity index (χ1v) is 7.52. The van der Waals surface area contributed by atoms with Crippen molar-refractivity contribution in [3.63, 3.8) is 0 Å². The van der Waals surface area contributed by atoms with Crippen LogP contribution < -0.4 is 10.5 Å². The van der Waals surface area contributed by atoms with Crippen LogP contribution in [0.25, 0.3) is 0 Å². The fourth-order valence-corrected chi connectivity index (χ4v) is 2.35. The zero-order valence-corrected chi connectivity index (χ0v) is 13.4. The Bertz CT molecular complexity index is 628. The highest BCUT2D eigenvalue weighted by Crippen LogP contribution is 2.30.